The maximum atomic E-state index is 4.76. The van der Waals surface area contributed by atoms with Gasteiger partial charge in [-0.25, -0.2) is 0 Å². The molecule has 1 aromatic heterocycles. The Morgan fingerprint density at radius 3 is 2.95 bits per heavy atom. The first-order chi connectivity index (χ1) is 9.78. The van der Waals surface area contributed by atoms with Crippen LogP contribution < -0.4 is 10.2 Å². The van der Waals surface area contributed by atoms with E-state index in [4.69, 9.17) is 4.98 Å². The molecule has 2 aromatic rings. The van der Waals surface area contributed by atoms with Crippen LogP contribution in [0.15, 0.2) is 43.0 Å². The van der Waals surface area contributed by atoms with Gasteiger partial charge in [0.15, 0.2) is 0 Å². The molecule has 20 heavy (non-hydrogen) atoms. The standard InChI is InChI=1S/C17H21N3/c1-3-10-20(2)17-11-14(12-18-13-8-9-13)19-16-7-5-4-6-15(16)17/h3-7,11,13,18H,1,8-10,12H2,2H3. The summed E-state index contributed by atoms with van der Waals surface area (Å²) in [5.74, 6) is 0. The quantitative estimate of drug-likeness (QED) is 0.815. The van der Waals surface area contributed by atoms with Crippen LogP contribution >= 0.6 is 0 Å². The number of rotatable bonds is 6. The molecule has 0 aliphatic heterocycles. The predicted molar refractivity (Wildman–Crippen MR) is 85.1 cm³/mol. The molecule has 3 heteroatoms. The monoisotopic (exact) mass is 267 g/mol. The van der Waals surface area contributed by atoms with E-state index in [1.54, 1.807) is 0 Å². The molecule has 104 valence electrons. The number of hydrogen-bond donors (Lipinski definition) is 1. The van der Waals surface area contributed by atoms with E-state index in [1.165, 1.54) is 23.9 Å². The minimum atomic E-state index is 0.706. The SMILES string of the molecule is C=CCN(C)c1cc(CNC2CC2)nc2ccccc12. The molecule has 1 aliphatic carbocycles. The molecule has 1 aromatic carbocycles. The van der Waals surface area contributed by atoms with Gasteiger partial charge in [-0.15, -0.1) is 6.58 Å². The maximum Gasteiger partial charge on any atom is 0.0726 e. The van der Waals surface area contributed by atoms with Crippen LogP contribution in [-0.2, 0) is 6.54 Å². The van der Waals surface area contributed by atoms with E-state index in [-0.39, 0.29) is 0 Å². The first kappa shape index (κ1) is 13.1. The normalized spacial score (nSPS) is 14.4. The molecule has 0 saturated heterocycles. The van der Waals surface area contributed by atoms with Gasteiger partial charge in [-0.2, -0.15) is 0 Å². The fourth-order valence-corrected chi connectivity index (χ4v) is 2.45. The van der Waals surface area contributed by atoms with Crippen molar-refractivity contribution in [3.8, 4) is 0 Å². The summed E-state index contributed by atoms with van der Waals surface area (Å²) < 4.78 is 0. The summed E-state index contributed by atoms with van der Waals surface area (Å²) in [7, 11) is 2.10. The average molecular weight is 267 g/mol. The molecule has 0 unspecified atom stereocenters. The van der Waals surface area contributed by atoms with Crippen molar-refractivity contribution in [3.05, 3.63) is 48.7 Å². The van der Waals surface area contributed by atoms with Crippen molar-refractivity contribution < 1.29 is 0 Å². The number of aromatic nitrogens is 1. The van der Waals surface area contributed by atoms with Crippen molar-refractivity contribution in [2.75, 3.05) is 18.5 Å². The second kappa shape index (κ2) is 5.63. The predicted octanol–water partition coefficient (Wildman–Crippen LogP) is 3.11. The summed E-state index contributed by atoms with van der Waals surface area (Å²) in [5, 5.41) is 4.74. The minimum absolute atomic E-state index is 0.706. The van der Waals surface area contributed by atoms with Crippen LogP contribution in [0.1, 0.15) is 18.5 Å². The van der Waals surface area contributed by atoms with Gasteiger partial charge in [-0.1, -0.05) is 24.3 Å². The smallest absolute Gasteiger partial charge is 0.0726 e. The van der Waals surface area contributed by atoms with Gasteiger partial charge in [-0.3, -0.25) is 4.98 Å². The van der Waals surface area contributed by atoms with Crippen LogP contribution in [0.3, 0.4) is 0 Å². The Morgan fingerprint density at radius 1 is 1.40 bits per heavy atom. The van der Waals surface area contributed by atoms with E-state index in [2.05, 4.69) is 48.1 Å². The summed E-state index contributed by atoms with van der Waals surface area (Å²) in [5.41, 5.74) is 3.40. The number of nitrogens with one attached hydrogen (secondary N) is 1. The van der Waals surface area contributed by atoms with Crippen molar-refractivity contribution >= 4 is 16.6 Å². The van der Waals surface area contributed by atoms with Gasteiger partial charge in [0.1, 0.15) is 0 Å². The highest BCUT2D eigenvalue weighted by Gasteiger charge is 2.20. The summed E-state index contributed by atoms with van der Waals surface area (Å²) in [6.07, 6.45) is 4.53. The summed E-state index contributed by atoms with van der Waals surface area (Å²) in [6.45, 7) is 5.52. The summed E-state index contributed by atoms with van der Waals surface area (Å²) >= 11 is 0. The molecule has 0 atom stereocenters. The summed E-state index contributed by atoms with van der Waals surface area (Å²) in [4.78, 5) is 6.98. The number of para-hydroxylation sites is 1. The van der Waals surface area contributed by atoms with Crippen LogP contribution in [0.5, 0.6) is 0 Å². The van der Waals surface area contributed by atoms with Gasteiger partial charge >= 0.3 is 0 Å². The highest BCUT2D eigenvalue weighted by atomic mass is 15.1. The van der Waals surface area contributed by atoms with Gasteiger partial charge < -0.3 is 10.2 Å². The Balaban J connectivity index is 1.96. The number of hydrogen-bond acceptors (Lipinski definition) is 3. The molecule has 3 rings (SSSR count). The van der Waals surface area contributed by atoms with E-state index in [1.807, 2.05) is 12.1 Å². The van der Waals surface area contributed by atoms with Gasteiger partial charge in [0.05, 0.1) is 11.2 Å². The second-order valence-corrected chi connectivity index (χ2v) is 5.47. The Hall–Kier alpha value is -1.87. The molecule has 1 saturated carbocycles. The Kier molecular flexibility index (Phi) is 3.70. The zero-order valence-electron chi connectivity index (χ0n) is 12.0. The molecule has 0 bridgehead atoms. The first-order valence-electron chi connectivity index (χ1n) is 7.22. The molecular weight excluding hydrogens is 246 g/mol. The van der Waals surface area contributed by atoms with E-state index in [0.717, 1.165) is 24.3 Å². The van der Waals surface area contributed by atoms with Crippen LogP contribution in [0.25, 0.3) is 10.9 Å². The van der Waals surface area contributed by atoms with Gasteiger partial charge in [0, 0.05) is 37.3 Å². The molecule has 3 nitrogen and oxygen atoms in total. The zero-order valence-corrected chi connectivity index (χ0v) is 12.0. The average Bonchev–Trinajstić information content (AvgIpc) is 3.28. The van der Waals surface area contributed by atoms with E-state index in [0.29, 0.717) is 6.04 Å². The molecule has 1 heterocycles. The molecule has 1 aliphatic rings. The molecule has 1 N–H and O–H groups in total. The van der Waals surface area contributed by atoms with Crippen LogP contribution in [-0.4, -0.2) is 24.6 Å². The number of nitrogens with zero attached hydrogens (tertiary/aromatic N) is 2. The molecular formula is C17H21N3. The lowest BCUT2D eigenvalue weighted by atomic mass is 10.1. The third-order valence-electron chi connectivity index (χ3n) is 3.71. The fourth-order valence-electron chi connectivity index (χ4n) is 2.45. The third kappa shape index (κ3) is 2.83. The van der Waals surface area contributed by atoms with E-state index in [9.17, 15) is 0 Å². The maximum absolute atomic E-state index is 4.76. The molecule has 1 fully saturated rings. The summed E-state index contributed by atoms with van der Waals surface area (Å²) in [6, 6.07) is 11.2. The Bertz CT molecular complexity index is 617. The highest BCUT2D eigenvalue weighted by Crippen LogP contribution is 2.26. The number of fused-ring (bicyclic) bond motifs is 1. The van der Waals surface area contributed by atoms with Crippen LogP contribution in [0.2, 0.25) is 0 Å². The highest BCUT2D eigenvalue weighted by molar-refractivity contribution is 5.91. The lowest BCUT2D eigenvalue weighted by molar-refractivity contribution is 0.676. The van der Waals surface area contributed by atoms with Gasteiger partial charge in [-0.05, 0) is 25.0 Å². The third-order valence-corrected chi connectivity index (χ3v) is 3.71. The Labute approximate surface area is 120 Å². The largest absolute Gasteiger partial charge is 0.370 e. The van der Waals surface area contributed by atoms with Gasteiger partial charge in [0.25, 0.3) is 0 Å². The fraction of sp³-hybridized carbons (Fsp3) is 0.353. The lowest BCUT2D eigenvalue weighted by Gasteiger charge is -2.20. The number of anilines is 1. The van der Waals surface area contributed by atoms with Crippen molar-refractivity contribution in [1.82, 2.24) is 10.3 Å². The van der Waals surface area contributed by atoms with E-state index < -0.39 is 0 Å². The number of likely N-dealkylation sites (N-methyl/N-ethyl adjacent to an activating group) is 1. The lowest BCUT2D eigenvalue weighted by Crippen LogP contribution is -2.19. The zero-order chi connectivity index (χ0) is 13.9. The molecule has 0 spiro atoms. The number of pyridine rings is 1. The van der Waals surface area contributed by atoms with Crippen molar-refractivity contribution in [2.24, 2.45) is 0 Å². The first-order valence-corrected chi connectivity index (χ1v) is 7.22. The van der Waals surface area contributed by atoms with Crippen LogP contribution in [0, 0.1) is 0 Å². The van der Waals surface area contributed by atoms with Crippen molar-refractivity contribution in [2.45, 2.75) is 25.4 Å². The minimum Gasteiger partial charge on any atom is -0.370 e. The van der Waals surface area contributed by atoms with Gasteiger partial charge in [0.2, 0.25) is 0 Å². The van der Waals surface area contributed by atoms with Crippen molar-refractivity contribution in [3.63, 3.8) is 0 Å². The molecule has 0 amide bonds. The van der Waals surface area contributed by atoms with E-state index >= 15 is 0 Å². The Morgan fingerprint density at radius 2 is 2.20 bits per heavy atom. The topological polar surface area (TPSA) is 28.2 Å². The number of benzene rings is 1. The van der Waals surface area contributed by atoms with Crippen LogP contribution in [0.4, 0.5) is 5.69 Å². The second-order valence-electron chi connectivity index (χ2n) is 5.47. The molecule has 0 radical (unpaired) electrons. The van der Waals surface area contributed by atoms with Crippen molar-refractivity contribution in [1.29, 1.82) is 0 Å².